The molecule has 0 aliphatic carbocycles. The van der Waals surface area contributed by atoms with Crippen molar-refractivity contribution in [3.63, 3.8) is 0 Å². The lowest BCUT2D eigenvalue weighted by molar-refractivity contribution is 0.184. The lowest BCUT2D eigenvalue weighted by Gasteiger charge is -2.32. The van der Waals surface area contributed by atoms with Crippen LogP contribution in [0.25, 0.3) is 16.6 Å². The first-order chi connectivity index (χ1) is 15.8. The number of benzene rings is 2. The maximum atomic E-state index is 13.5. The minimum absolute atomic E-state index is 0.0462. The Balaban J connectivity index is 1.71. The number of nitrogens with one attached hydrogen (secondary N) is 1. The van der Waals surface area contributed by atoms with E-state index in [1.807, 2.05) is 45.0 Å². The largest absolute Gasteiger partial charge is 0.322 e. The summed E-state index contributed by atoms with van der Waals surface area (Å²) in [6, 6.07) is 11.4. The quantitative estimate of drug-likeness (QED) is 0.386. The van der Waals surface area contributed by atoms with Gasteiger partial charge < -0.3 is 10.2 Å². The molecule has 0 aliphatic rings. The monoisotopic (exact) mass is 466 g/mol. The average Bonchev–Trinajstić information content (AvgIpc) is 3.33. The van der Waals surface area contributed by atoms with Gasteiger partial charge in [0.15, 0.2) is 5.82 Å². The molecular formula is C24H24ClFN6O. The van der Waals surface area contributed by atoms with E-state index in [0.29, 0.717) is 18.1 Å². The van der Waals surface area contributed by atoms with Gasteiger partial charge >= 0.3 is 6.03 Å². The maximum Gasteiger partial charge on any atom is 0.322 e. The van der Waals surface area contributed by atoms with Gasteiger partial charge in [0.1, 0.15) is 5.82 Å². The number of carbonyl (C=O) groups is 1. The van der Waals surface area contributed by atoms with Crippen molar-refractivity contribution < 1.29 is 9.18 Å². The summed E-state index contributed by atoms with van der Waals surface area (Å²) in [7, 11) is 0. The van der Waals surface area contributed by atoms with Crippen molar-refractivity contribution >= 4 is 34.1 Å². The summed E-state index contributed by atoms with van der Waals surface area (Å²) >= 11 is 5.88. The van der Waals surface area contributed by atoms with Crippen LogP contribution in [0.3, 0.4) is 0 Å². The molecule has 0 bridgehead atoms. The predicted octanol–water partition coefficient (Wildman–Crippen LogP) is 5.86. The molecule has 2 amide bonds. The fourth-order valence-electron chi connectivity index (χ4n) is 3.78. The Labute approximate surface area is 196 Å². The van der Waals surface area contributed by atoms with Crippen molar-refractivity contribution in [2.24, 2.45) is 5.92 Å². The Morgan fingerprint density at radius 1 is 1.18 bits per heavy atom. The summed E-state index contributed by atoms with van der Waals surface area (Å²) in [6.07, 6.45) is 5.12. The highest BCUT2D eigenvalue weighted by atomic mass is 35.5. The van der Waals surface area contributed by atoms with Gasteiger partial charge in [0.2, 0.25) is 0 Å². The molecule has 0 radical (unpaired) electrons. The molecule has 0 unspecified atom stereocenters. The Kier molecular flexibility index (Phi) is 6.55. The zero-order chi connectivity index (χ0) is 23.5. The molecule has 2 aromatic carbocycles. The Morgan fingerprint density at radius 2 is 1.94 bits per heavy atom. The van der Waals surface area contributed by atoms with Crippen LogP contribution < -0.4 is 5.32 Å². The normalized spacial score (nSPS) is 12.2. The van der Waals surface area contributed by atoms with E-state index in [0.717, 1.165) is 16.3 Å². The van der Waals surface area contributed by atoms with Crippen molar-refractivity contribution in [1.82, 2.24) is 24.9 Å². The maximum absolute atomic E-state index is 13.5. The van der Waals surface area contributed by atoms with Crippen LogP contribution >= 0.6 is 11.6 Å². The minimum Gasteiger partial charge on any atom is -0.317 e. The number of amides is 2. The zero-order valence-corrected chi connectivity index (χ0v) is 19.3. The molecular weight excluding hydrogens is 443 g/mol. The van der Waals surface area contributed by atoms with E-state index in [1.54, 1.807) is 28.2 Å². The van der Waals surface area contributed by atoms with Crippen LogP contribution in [0, 0.1) is 11.7 Å². The first-order valence-corrected chi connectivity index (χ1v) is 11.0. The van der Waals surface area contributed by atoms with Crippen molar-refractivity contribution in [1.29, 1.82) is 0 Å². The number of hydrogen-bond acceptors (Lipinski definition) is 4. The number of rotatable bonds is 6. The topological polar surface area (TPSA) is 75.9 Å². The second-order valence-electron chi connectivity index (χ2n) is 8.21. The van der Waals surface area contributed by atoms with E-state index in [4.69, 9.17) is 11.6 Å². The molecule has 4 rings (SSSR count). The lowest BCUT2D eigenvalue weighted by Crippen LogP contribution is -2.39. The van der Waals surface area contributed by atoms with Crippen molar-refractivity contribution in [3.05, 3.63) is 77.5 Å². The fourth-order valence-corrected chi connectivity index (χ4v) is 3.96. The fraction of sp³-hybridized carbons (Fsp3) is 0.250. The third-order valence-electron chi connectivity index (χ3n) is 5.36. The van der Waals surface area contributed by atoms with Crippen LogP contribution in [0.4, 0.5) is 14.9 Å². The van der Waals surface area contributed by atoms with Crippen LogP contribution in [-0.2, 0) is 0 Å². The summed E-state index contributed by atoms with van der Waals surface area (Å²) in [4.78, 5) is 19.7. The Hall–Kier alpha value is -3.52. The van der Waals surface area contributed by atoms with E-state index in [1.165, 1.54) is 18.2 Å². The molecule has 9 heteroatoms. The molecule has 0 saturated heterocycles. The molecule has 4 aromatic rings. The van der Waals surface area contributed by atoms with Gasteiger partial charge in [-0.3, -0.25) is 0 Å². The van der Waals surface area contributed by atoms with Gasteiger partial charge in [-0.15, -0.1) is 5.10 Å². The molecule has 0 fully saturated rings. The molecule has 2 aromatic heterocycles. The lowest BCUT2D eigenvalue weighted by atomic mass is 10.00. The van der Waals surface area contributed by atoms with Crippen molar-refractivity contribution in [3.8, 4) is 5.82 Å². The van der Waals surface area contributed by atoms with Gasteiger partial charge in [-0.05, 0) is 36.4 Å². The number of pyridine rings is 1. The number of hydrogen-bond donors (Lipinski definition) is 1. The summed E-state index contributed by atoms with van der Waals surface area (Å²) in [6.45, 7) is 6.58. The summed E-state index contributed by atoms with van der Waals surface area (Å²) in [5.41, 5.74) is 1.33. The van der Waals surface area contributed by atoms with Crippen LogP contribution in [-0.4, -0.2) is 37.5 Å². The number of halogens is 2. The van der Waals surface area contributed by atoms with Crippen LogP contribution in [0.5, 0.6) is 0 Å². The Morgan fingerprint density at radius 3 is 2.61 bits per heavy atom. The molecule has 1 N–H and O–H groups in total. The second-order valence-corrected chi connectivity index (χ2v) is 8.62. The van der Waals surface area contributed by atoms with Crippen molar-refractivity contribution in [2.75, 3.05) is 11.9 Å². The zero-order valence-electron chi connectivity index (χ0n) is 18.5. The standard InChI is InChI=1S/C24H24ClFN6O/c1-15(2)14-31(24(33)29-17-8-9-22(26)21(25)12-17)16(3)20-13-27-23(32-11-10-28-30-32)19-7-5-4-6-18(19)20/h4-13,15-16H,14H2,1-3H3,(H,29,33)/t16-/m1/s1. The first-order valence-electron chi connectivity index (χ1n) is 10.6. The molecule has 33 heavy (non-hydrogen) atoms. The molecule has 170 valence electrons. The predicted molar refractivity (Wildman–Crippen MR) is 127 cm³/mol. The molecule has 1 atom stereocenters. The summed E-state index contributed by atoms with van der Waals surface area (Å²) in [5, 5.41) is 12.6. The second kappa shape index (κ2) is 9.54. The summed E-state index contributed by atoms with van der Waals surface area (Å²) < 4.78 is 15.1. The highest BCUT2D eigenvalue weighted by Crippen LogP contribution is 2.31. The number of anilines is 1. The number of urea groups is 1. The highest BCUT2D eigenvalue weighted by molar-refractivity contribution is 6.31. The Bertz CT molecular complexity index is 1280. The summed E-state index contributed by atoms with van der Waals surface area (Å²) in [5.74, 6) is 0.357. The first kappa shape index (κ1) is 22.7. The number of fused-ring (bicyclic) bond motifs is 1. The van der Waals surface area contributed by atoms with E-state index < -0.39 is 5.82 Å². The van der Waals surface area contributed by atoms with Crippen LogP contribution in [0.1, 0.15) is 32.4 Å². The molecule has 2 heterocycles. The highest BCUT2D eigenvalue weighted by Gasteiger charge is 2.25. The molecule has 0 aliphatic heterocycles. The number of nitrogens with zero attached hydrogens (tertiary/aromatic N) is 5. The third kappa shape index (κ3) is 4.80. The van der Waals surface area contributed by atoms with E-state index in [-0.39, 0.29) is 23.0 Å². The van der Waals surface area contributed by atoms with E-state index in [2.05, 4.69) is 20.6 Å². The number of carbonyl (C=O) groups excluding carboxylic acids is 1. The smallest absolute Gasteiger partial charge is 0.317 e. The minimum atomic E-state index is -0.535. The average molecular weight is 467 g/mol. The third-order valence-corrected chi connectivity index (χ3v) is 5.65. The van der Waals surface area contributed by atoms with Crippen LogP contribution in [0.15, 0.2) is 61.1 Å². The SMILES string of the molecule is CC(C)CN(C(=O)Nc1ccc(F)c(Cl)c1)[C@H](C)c1cnc(-n2ccnn2)c2ccccc12. The van der Waals surface area contributed by atoms with Gasteiger partial charge in [0.05, 0.1) is 23.5 Å². The van der Waals surface area contributed by atoms with Gasteiger partial charge in [-0.1, -0.05) is 54.9 Å². The van der Waals surface area contributed by atoms with E-state index in [9.17, 15) is 9.18 Å². The van der Waals surface area contributed by atoms with Gasteiger partial charge in [0.25, 0.3) is 0 Å². The van der Waals surface area contributed by atoms with Crippen molar-refractivity contribution in [2.45, 2.75) is 26.8 Å². The van der Waals surface area contributed by atoms with Gasteiger partial charge in [-0.25, -0.2) is 18.9 Å². The molecule has 0 spiro atoms. The van der Waals surface area contributed by atoms with Gasteiger partial charge in [-0.2, -0.15) is 0 Å². The van der Waals surface area contributed by atoms with Crippen LogP contribution in [0.2, 0.25) is 5.02 Å². The van der Waals surface area contributed by atoms with Gasteiger partial charge in [0, 0.05) is 29.4 Å². The molecule has 0 saturated carbocycles. The van der Waals surface area contributed by atoms with E-state index >= 15 is 0 Å². The number of aromatic nitrogens is 4. The molecule has 7 nitrogen and oxygen atoms in total.